The monoisotopic (exact) mass is 906 g/mol. The zero-order chi connectivity index (χ0) is 47.3. The van der Waals surface area contributed by atoms with Crippen LogP contribution in [0, 0.1) is 34.9 Å². The lowest BCUT2D eigenvalue weighted by molar-refractivity contribution is -0.136. The van der Waals surface area contributed by atoms with Crippen molar-refractivity contribution in [3.63, 3.8) is 0 Å². The summed E-state index contributed by atoms with van der Waals surface area (Å²) >= 11 is 0. The first-order valence-electron chi connectivity index (χ1n) is 23.4. The van der Waals surface area contributed by atoms with E-state index in [1.165, 1.54) is 25.3 Å². The molecule has 2 unspecified atom stereocenters. The summed E-state index contributed by atoms with van der Waals surface area (Å²) in [7, 11) is 0. The maximum Gasteiger partial charge on any atom is 0.243 e. The number of nitrogens with zero attached hydrogens (tertiary/aromatic N) is 3. The van der Waals surface area contributed by atoms with Gasteiger partial charge in [-0.15, -0.1) is 0 Å². The molecular weight excluding hydrogens is 833 g/mol. The number of rotatable bonds is 21. The van der Waals surface area contributed by atoms with E-state index in [1.54, 1.807) is 26.0 Å². The first-order chi connectivity index (χ1) is 30.9. The number of ether oxygens (including phenoxy) is 1. The number of amidine groups is 1. The van der Waals surface area contributed by atoms with E-state index in [1.807, 2.05) is 36.7 Å². The highest BCUT2D eigenvalue weighted by Gasteiger charge is 2.37. The molecule has 3 amide bonds. The predicted molar refractivity (Wildman–Crippen MR) is 252 cm³/mol. The van der Waals surface area contributed by atoms with Crippen molar-refractivity contribution in [1.29, 1.82) is 0 Å². The molecule has 7 rings (SSSR count). The van der Waals surface area contributed by atoms with Gasteiger partial charge in [0.2, 0.25) is 17.7 Å². The number of pyridine rings is 1. The number of aromatic nitrogens is 2. The number of carbonyl (C=O) groups is 3. The normalized spacial score (nSPS) is 18.9. The number of fused-ring (bicyclic) bond motifs is 4. The number of hydrogen-bond acceptors (Lipinski definition) is 10. The van der Waals surface area contributed by atoms with E-state index >= 15 is 4.39 Å². The fraction of sp³-hybridized carbons (Fsp3) is 0.612. The Hall–Kier alpha value is -4.93. The number of aliphatic hydroxyl groups excluding tert-OH is 1. The van der Waals surface area contributed by atoms with Gasteiger partial charge in [0.1, 0.15) is 29.2 Å². The lowest BCUT2D eigenvalue weighted by Gasteiger charge is -2.43. The van der Waals surface area contributed by atoms with Gasteiger partial charge < -0.3 is 46.3 Å². The van der Waals surface area contributed by atoms with Crippen LogP contribution in [-0.4, -0.2) is 95.8 Å². The minimum atomic E-state index is -0.850. The second-order valence-corrected chi connectivity index (χ2v) is 19.5. The van der Waals surface area contributed by atoms with Gasteiger partial charge in [0, 0.05) is 53.5 Å². The number of aliphatic hydroxyl groups is 1. The van der Waals surface area contributed by atoms with Crippen LogP contribution < -0.4 is 31.9 Å². The molecule has 65 heavy (non-hydrogen) atoms. The molecule has 3 saturated carbocycles. The number of aliphatic imine (C=N–C) groups is 1. The van der Waals surface area contributed by atoms with Crippen LogP contribution in [0.1, 0.15) is 111 Å². The van der Waals surface area contributed by atoms with E-state index in [9.17, 15) is 18.8 Å². The fourth-order valence-corrected chi connectivity index (χ4v) is 8.43. The molecule has 3 heterocycles. The maximum absolute atomic E-state index is 15.1. The van der Waals surface area contributed by atoms with E-state index in [0.717, 1.165) is 43.5 Å². The van der Waals surface area contributed by atoms with Gasteiger partial charge in [-0.05, 0) is 86.1 Å². The molecule has 2 bridgehead atoms. The summed E-state index contributed by atoms with van der Waals surface area (Å²) < 4.78 is 36.8. The average Bonchev–Trinajstić information content (AvgIpc) is 3.61. The Labute approximate surface area is 383 Å². The molecule has 2 aromatic heterocycles. The third kappa shape index (κ3) is 15.0. The second kappa shape index (κ2) is 24.0. The van der Waals surface area contributed by atoms with Gasteiger partial charge in [-0.2, -0.15) is 0 Å². The second-order valence-electron chi connectivity index (χ2n) is 19.5. The Kier molecular flexibility index (Phi) is 18.9. The van der Waals surface area contributed by atoms with Crippen molar-refractivity contribution in [1.82, 2.24) is 36.1 Å². The van der Waals surface area contributed by atoms with Crippen LogP contribution >= 0.6 is 0 Å². The van der Waals surface area contributed by atoms with E-state index in [4.69, 9.17) is 9.84 Å². The lowest BCUT2D eigenvalue weighted by atomic mass is 9.68. The molecule has 0 radical (unpaired) electrons. The molecule has 3 fully saturated rings. The third-order valence-corrected chi connectivity index (χ3v) is 12.4. The fourth-order valence-electron chi connectivity index (χ4n) is 8.43. The number of nitrogens with one attached hydrogen (secondary N) is 6. The van der Waals surface area contributed by atoms with Crippen LogP contribution in [0.3, 0.4) is 0 Å². The number of carbonyl (C=O) groups excluding carboxylic acids is 3. The zero-order valence-corrected chi connectivity index (χ0v) is 39.7. The molecule has 3 aliphatic carbocycles. The molecule has 0 saturated heterocycles. The Balaban J connectivity index is 0.000000796. The molecule has 1 aromatic carbocycles. The summed E-state index contributed by atoms with van der Waals surface area (Å²) in [6, 6.07) is 8.60. The summed E-state index contributed by atoms with van der Waals surface area (Å²) in [5, 5.41) is 27.7. The van der Waals surface area contributed by atoms with Gasteiger partial charge in [0.25, 0.3) is 0 Å². The van der Waals surface area contributed by atoms with Crippen LogP contribution in [0.5, 0.6) is 0 Å². The average molecular weight is 906 g/mol. The van der Waals surface area contributed by atoms with Crippen molar-refractivity contribution in [2.45, 2.75) is 125 Å². The van der Waals surface area contributed by atoms with E-state index in [2.05, 4.69) is 69.6 Å². The van der Waals surface area contributed by atoms with Crippen molar-refractivity contribution < 1.29 is 33.0 Å². The Morgan fingerprint density at radius 3 is 2.37 bits per heavy atom. The molecule has 14 nitrogen and oxygen atoms in total. The Morgan fingerprint density at radius 2 is 1.74 bits per heavy atom. The standard InChI is InChI=1S/C41H54F2N8O5.C8H19N/c1-24(2)35(49-40(55)41(3,4)13-15-56-16-14-52)39(54)46-21-34(53)47-29-11-7-26(8-12-29)22-51-23-31(30-18-28(42)19-45-38(30)51)36-44-20-32(43)37(50-36)48-33-17-25-5-9-27(33)10-6-25;1-7(2)5-6-9-8(3)4/h7-8,11-12,18-19,23-25,27,33,35,48,52H,5-6,9-10,13-17,20-22H2,1-4H3,(H,44,50)(H,46,54)(H,47,53)(H,49,55);7-9H,5-6H2,1-4H3. The minimum absolute atomic E-state index is 0.102. The summed E-state index contributed by atoms with van der Waals surface area (Å²) in [4.78, 5) is 47.7. The summed E-state index contributed by atoms with van der Waals surface area (Å²) in [5.41, 5.74) is 1.74. The summed E-state index contributed by atoms with van der Waals surface area (Å²) in [6.07, 6.45) is 10.5. The predicted octanol–water partition coefficient (Wildman–Crippen LogP) is 6.53. The van der Waals surface area contributed by atoms with Crippen molar-refractivity contribution in [2.75, 3.05) is 44.8 Å². The zero-order valence-electron chi connectivity index (χ0n) is 39.7. The van der Waals surface area contributed by atoms with Gasteiger partial charge in [-0.3, -0.25) is 19.4 Å². The van der Waals surface area contributed by atoms with Gasteiger partial charge in [-0.1, -0.05) is 80.4 Å². The highest BCUT2D eigenvalue weighted by atomic mass is 19.1. The molecule has 16 heteroatoms. The van der Waals surface area contributed by atoms with Gasteiger partial charge >= 0.3 is 0 Å². The van der Waals surface area contributed by atoms with Gasteiger partial charge in [-0.25, -0.2) is 13.8 Å². The van der Waals surface area contributed by atoms with Crippen LogP contribution in [0.2, 0.25) is 0 Å². The van der Waals surface area contributed by atoms with Crippen molar-refractivity contribution in [3.8, 4) is 0 Å². The molecule has 3 aromatic rings. The highest BCUT2D eigenvalue weighted by molar-refractivity contribution is 6.10. The first kappa shape index (κ1) is 51.1. The smallest absolute Gasteiger partial charge is 0.243 e. The van der Waals surface area contributed by atoms with E-state index < -0.39 is 29.1 Å². The molecule has 2 atom stereocenters. The largest absolute Gasteiger partial charge is 0.394 e. The van der Waals surface area contributed by atoms with Crippen LogP contribution in [0.25, 0.3) is 11.0 Å². The SMILES string of the molecule is CC(C)C(NC(=O)C(C)(C)CCOCCO)C(=O)NCC(=O)Nc1ccc(Cn2cc(C3=NCC(F)=C(NC4CC5CCC4CC5)N3)c3cc(F)cnc32)cc1.CC(C)CCNC(C)C. The van der Waals surface area contributed by atoms with Gasteiger partial charge in [0.05, 0.1) is 32.5 Å². The molecule has 4 aliphatic rings. The van der Waals surface area contributed by atoms with Gasteiger partial charge in [0.15, 0.2) is 5.83 Å². The Bertz CT molecular complexity index is 2100. The number of hydrogen-bond donors (Lipinski definition) is 7. The number of anilines is 1. The Morgan fingerprint density at radius 1 is 1.02 bits per heavy atom. The summed E-state index contributed by atoms with van der Waals surface area (Å²) in [5.74, 6) is 0.516. The number of halogens is 2. The van der Waals surface area contributed by atoms with Crippen LogP contribution in [-0.2, 0) is 25.7 Å². The minimum Gasteiger partial charge on any atom is -0.394 e. The van der Waals surface area contributed by atoms with E-state index in [0.29, 0.717) is 64.8 Å². The number of amides is 3. The maximum atomic E-state index is 15.1. The number of benzene rings is 1. The van der Waals surface area contributed by atoms with Crippen molar-refractivity contribution in [2.24, 2.45) is 34.1 Å². The van der Waals surface area contributed by atoms with E-state index in [-0.39, 0.29) is 56.6 Å². The topological polar surface area (TPSA) is 183 Å². The first-order valence-corrected chi connectivity index (χ1v) is 23.4. The summed E-state index contributed by atoms with van der Waals surface area (Å²) in [6.45, 7) is 17.5. The molecule has 0 spiro atoms. The third-order valence-electron chi connectivity index (χ3n) is 12.4. The van der Waals surface area contributed by atoms with Crippen LogP contribution in [0.15, 0.2) is 59.4 Å². The van der Waals surface area contributed by atoms with Crippen molar-refractivity contribution in [3.05, 3.63) is 71.3 Å². The molecule has 1 aliphatic heterocycles. The quantitative estimate of drug-likeness (QED) is 0.0585. The molecule has 7 N–H and O–H groups in total. The molecule has 358 valence electrons. The van der Waals surface area contributed by atoms with Crippen molar-refractivity contribution >= 4 is 40.3 Å². The molecular formula is C49H73F2N9O5. The van der Waals surface area contributed by atoms with Crippen LogP contribution in [0.4, 0.5) is 14.5 Å². The highest BCUT2D eigenvalue weighted by Crippen LogP contribution is 2.41. The lowest BCUT2D eigenvalue weighted by Crippen LogP contribution is -2.53.